The van der Waals surface area contributed by atoms with E-state index in [-0.39, 0.29) is 38.6 Å². The van der Waals surface area contributed by atoms with Crippen molar-refractivity contribution in [2.75, 3.05) is 26.4 Å². The minimum Gasteiger partial charge on any atom is -0.462 e. The van der Waals surface area contributed by atoms with E-state index in [0.29, 0.717) is 6.42 Å². The van der Waals surface area contributed by atoms with Crippen LogP contribution in [0.3, 0.4) is 0 Å². The maximum absolute atomic E-state index is 12.6. The molecule has 0 spiro atoms. The zero-order valence-corrected chi connectivity index (χ0v) is 34.9. The van der Waals surface area contributed by atoms with Gasteiger partial charge in [0.05, 0.1) is 13.2 Å². The van der Waals surface area contributed by atoms with Crippen LogP contribution in [0.15, 0.2) is 36.5 Å². The first-order chi connectivity index (χ1) is 25.8. The predicted molar refractivity (Wildman–Crippen MR) is 220 cm³/mol. The number of phosphoric acid groups is 1. The molecule has 0 rings (SSSR count). The van der Waals surface area contributed by atoms with Gasteiger partial charge in [-0.05, 0) is 51.4 Å². The highest BCUT2D eigenvalue weighted by Crippen LogP contribution is 2.43. The monoisotopic (exact) mass is 770 g/mol. The van der Waals surface area contributed by atoms with Crippen LogP contribution in [0.2, 0.25) is 0 Å². The van der Waals surface area contributed by atoms with Gasteiger partial charge in [-0.15, -0.1) is 0 Å². The molecule has 0 saturated carbocycles. The van der Waals surface area contributed by atoms with E-state index in [9.17, 15) is 19.0 Å². The number of carbonyl (C=O) groups excluding carboxylic acids is 2. The standard InChI is InChI=1S/C43H80NO8P/c1-3-5-7-9-11-13-15-17-19-20-22-24-26-28-30-32-34-36-43(46)52-41(40-51-53(47,48)50-38-37-44)39-49-42(45)35-33-31-29-27-25-23-21-18-16-14-12-10-8-6-4-2/h11,13,17,19,22,24,41H,3-10,12,14-16,18,20-21,23,25-40,44H2,1-2H3,(H,47,48)/b13-11+,19-17+,24-22+/t41-/m1/s1. The third-order valence-electron chi connectivity index (χ3n) is 9.03. The minimum absolute atomic E-state index is 0.0498. The molecular weight excluding hydrogens is 689 g/mol. The zero-order chi connectivity index (χ0) is 38.9. The van der Waals surface area contributed by atoms with Crippen molar-refractivity contribution in [2.45, 2.75) is 200 Å². The van der Waals surface area contributed by atoms with Crippen LogP contribution in [0.1, 0.15) is 194 Å². The van der Waals surface area contributed by atoms with Crippen LogP contribution >= 0.6 is 7.82 Å². The summed E-state index contributed by atoms with van der Waals surface area (Å²) in [6, 6.07) is 0. The predicted octanol–water partition coefficient (Wildman–Crippen LogP) is 12.2. The number of hydrogen-bond acceptors (Lipinski definition) is 8. The van der Waals surface area contributed by atoms with Crippen LogP contribution in [0.25, 0.3) is 0 Å². The SMILES string of the molecule is CCCCC/C=C/C/C=C/C/C=C/CCCCCCC(=O)O[C@H](COC(=O)CCCCCCCCCCCCCCCCC)COP(=O)(O)OCCN. The van der Waals surface area contributed by atoms with Gasteiger partial charge < -0.3 is 20.1 Å². The lowest BCUT2D eigenvalue weighted by Crippen LogP contribution is -2.29. The van der Waals surface area contributed by atoms with Crippen molar-refractivity contribution in [1.29, 1.82) is 0 Å². The maximum Gasteiger partial charge on any atom is 0.472 e. The molecule has 2 atom stereocenters. The smallest absolute Gasteiger partial charge is 0.462 e. The molecule has 9 nitrogen and oxygen atoms in total. The fraction of sp³-hybridized carbons (Fsp3) is 0.814. The second-order valence-electron chi connectivity index (χ2n) is 14.2. The summed E-state index contributed by atoms with van der Waals surface area (Å²) in [6.45, 7) is 3.69. The van der Waals surface area contributed by atoms with Crippen LogP contribution in [0, 0.1) is 0 Å². The fourth-order valence-corrected chi connectivity index (χ4v) is 6.58. The summed E-state index contributed by atoms with van der Waals surface area (Å²) in [5.74, 6) is -0.849. The second-order valence-corrected chi connectivity index (χ2v) is 15.7. The summed E-state index contributed by atoms with van der Waals surface area (Å²) in [5.41, 5.74) is 5.34. The Bertz CT molecular complexity index is 970. The van der Waals surface area contributed by atoms with Gasteiger partial charge in [-0.25, -0.2) is 4.57 Å². The third-order valence-corrected chi connectivity index (χ3v) is 10.0. The number of allylic oxidation sites excluding steroid dienone is 6. The number of ether oxygens (including phenoxy) is 2. The molecule has 0 aromatic heterocycles. The van der Waals surface area contributed by atoms with Crippen LogP contribution < -0.4 is 5.73 Å². The number of rotatable bonds is 40. The first-order valence-corrected chi connectivity index (χ1v) is 23.0. The molecule has 0 aliphatic rings. The second kappa shape index (κ2) is 39.9. The van der Waals surface area contributed by atoms with E-state index in [0.717, 1.165) is 57.8 Å². The highest BCUT2D eigenvalue weighted by molar-refractivity contribution is 7.47. The average molecular weight is 770 g/mol. The van der Waals surface area contributed by atoms with E-state index in [1.807, 2.05) is 0 Å². The van der Waals surface area contributed by atoms with E-state index in [4.69, 9.17) is 24.3 Å². The van der Waals surface area contributed by atoms with Crippen molar-refractivity contribution in [3.63, 3.8) is 0 Å². The first kappa shape index (κ1) is 51.2. The molecule has 0 heterocycles. The summed E-state index contributed by atoms with van der Waals surface area (Å²) in [6.07, 6.45) is 43.1. The topological polar surface area (TPSA) is 134 Å². The van der Waals surface area contributed by atoms with E-state index in [1.54, 1.807) is 0 Å². The Labute approximate surface area is 324 Å². The maximum atomic E-state index is 12.6. The lowest BCUT2D eigenvalue weighted by molar-refractivity contribution is -0.161. The van der Waals surface area contributed by atoms with Crippen molar-refractivity contribution >= 4 is 19.8 Å². The molecule has 0 amide bonds. The quantitative estimate of drug-likeness (QED) is 0.0270. The molecule has 10 heteroatoms. The average Bonchev–Trinajstić information content (AvgIpc) is 3.14. The molecule has 0 aromatic rings. The van der Waals surface area contributed by atoms with Crippen LogP contribution in [-0.4, -0.2) is 49.3 Å². The Kier molecular flexibility index (Phi) is 38.6. The zero-order valence-electron chi connectivity index (χ0n) is 34.0. The van der Waals surface area contributed by atoms with E-state index in [2.05, 4.69) is 50.3 Å². The number of carbonyl (C=O) groups is 2. The third kappa shape index (κ3) is 39.7. The summed E-state index contributed by atoms with van der Waals surface area (Å²) in [5, 5.41) is 0. The summed E-state index contributed by atoms with van der Waals surface area (Å²) >= 11 is 0. The van der Waals surface area contributed by atoms with Crippen molar-refractivity contribution in [2.24, 2.45) is 5.73 Å². The Morgan fingerprint density at radius 2 is 0.981 bits per heavy atom. The van der Waals surface area contributed by atoms with Crippen LogP contribution in [-0.2, 0) is 32.7 Å². The van der Waals surface area contributed by atoms with Gasteiger partial charge >= 0.3 is 19.8 Å². The molecule has 0 saturated heterocycles. The van der Waals surface area contributed by atoms with Gasteiger partial charge in [0.15, 0.2) is 6.10 Å². The molecule has 0 aliphatic heterocycles. The number of unbranched alkanes of at least 4 members (excludes halogenated alkanes) is 21. The van der Waals surface area contributed by atoms with E-state index < -0.39 is 26.5 Å². The van der Waals surface area contributed by atoms with Crippen LogP contribution in [0.4, 0.5) is 0 Å². The summed E-state index contributed by atoms with van der Waals surface area (Å²) in [4.78, 5) is 34.8. The van der Waals surface area contributed by atoms with E-state index in [1.165, 1.54) is 103 Å². The summed E-state index contributed by atoms with van der Waals surface area (Å²) < 4.78 is 32.7. The normalized spacial score (nSPS) is 13.7. The Balaban J connectivity index is 4.20. The first-order valence-electron chi connectivity index (χ1n) is 21.5. The number of nitrogens with two attached hydrogens (primary N) is 1. The van der Waals surface area contributed by atoms with Crippen molar-refractivity contribution in [3.8, 4) is 0 Å². The molecule has 310 valence electrons. The highest BCUT2D eigenvalue weighted by Gasteiger charge is 2.26. The van der Waals surface area contributed by atoms with Crippen molar-refractivity contribution < 1.29 is 37.6 Å². The lowest BCUT2D eigenvalue weighted by Gasteiger charge is -2.19. The molecular formula is C43H80NO8P. The largest absolute Gasteiger partial charge is 0.472 e. The van der Waals surface area contributed by atoms with E-state index >= 15 is 0 Å². The Morgan fingerprint density at radius 1 is 0.566 bits per heavy atom. The molecule has 1 unspecified atom stereocenters. The number of phosphoric ester groups is 1. The van der Waals surface area contributed by atoms with Gasteiger partial charge in [-0.2, -0.15) is 0 Å². The lowest BCUT2D eigenvalue weighted by atomic mass is 10.0. The molecule has 0 fully saturated rings. The van der Waals surface area contributed by atoms with Gasteiger partial charge in [0.2, 0.25) is 0 Å². The summed E-state index contributed by atoms with van der Waals surface area (Å²) in [7, 11) is -4.38. The van der Waals surface area contributed by atoms with Crippen molar-refractivity contribution in [3.05, 3.63) is 36.5 Å². The fourth-order valence-electron chi connectivity index (χ4n) is 5.82. The number of hydrogen-bond donors (Lipinski definition) is 2. The molecule has 3 N–H and O–H groups in total. The molecule has 0 bridgehead atoms. The molecule has 53 heavy (non-hydrogen) atoms. The van der Waals surface area contributed by atoms with Gasteiger partial charge in [-0.1, -0.05) is 166 Å². The van der Waals surface area contributed by atoms with Gasteiger partial charge in [-0.3, -0.25) is 18.6 Å². The van der Waals surface area contributed by atoms with Crippen molar-refractivity contribution in [1.82, 2.24) is 0 Å². The number of esters is 2. The Hall–Kier alpha value is -1.77. The van der Waals surface area contributed by atoms with Gasteiger partial charge in [0, 0.05) is 19.4 Å². The molecule has 0 radical (unpaired) electrons. The van der Waals surface area contributed by atoms with Gasteiger partial charge in [0.25, 0.3) is 0 Å². The van der Waals surface area contributed by atoms with Crippen LogP contribution in [0.5, 0.6) is 0 Å². The Morgan fingerprint density at radius 3 is 1.49 bits per heavy atom. The minimum atomic E-state index is -4.38. The highest BCUT2D eigenvalue weighted by atomic mass is 31.2. The molecule has 0 aliphatic carbocycles. The van der Waals surface area contributed by atoms with Gasteiger partial charge in [0.1, 0.15) is 6.61 Å². The molecule has 0 aromatic carbocycles.